The minimum absolute atomic E-state index is 0.0281. The monoisotopic (exact) mass is 294 g/mol. The van der Waals surface area contributed by atoms with Gasteiger partial charge in [0.1, 0.15) is 0 Å². The third-order valence-corrected chi connectivity index (χ3v) is 5.42. The van der Waals surface area contributed by atoms with Gasteiger partial charge in [-0.2, -0.15) is 0 Å². The summed E-state index contributed by atoms with van der Waals surface area (Å²) in [5.74, 6) is 1.12. The molecule has 90 valence electrons. The molecule has 2 heteroatoms. The predicted octanol–water partition coefficient (Wildman–Crippen LogP) is 2.39. The molecule has 0 spiro atoms. The predicted molar refractivity (Wildman–Crippen MR) is 72.4 cm³/mol. The van der Waals surface area contributed by atoms with E-state index in [9.17, 15) is 4.79 Å². The Hall–Kier alpha value is -0.851. The zero-order valence-corrected chi connectivity index (χ0v) is 12.0. The molecule has 0 amide bonds. The summed E-state index contributed by atoms with van der Waals surface area (Å²) in [5.41, 5.74) is 0. The van der Waals surface area contributed by atoms with Gasteiger partial charge < -0.3 is 0 Å². The van der Waals surface area contributed by atoms with Gasteiger partial charge in [0.05, 0.1) is 0 Å². The average Bonchev–Trinajstić information content (AvgIpc) is 2.30. The van der Waals surface area contributed by atoms with Crippen LogP contribution in [0.5, 0.6) is 0 Å². The summed E-state index contributed by atoms with van der Waals surface area (Å²) in [6.07, 6.45) is 5.46. The summed E-state index contributed by atoms with van der Waals surface area (Å²) in [4.78, 5) is 12.4. The quantitative estimate of drug-likeness (QED) is 0.618. The van der Waals surface area contributed by atoms with E-state index in [1.807, 2.05) is 18.2 Å². The molecule has 17 heavy (non-hydrogen) atoms. The topological polar surface area (TPSA) is 17.1 Å². The van der Waals surface area contributed by atoms with Crippen molar-refractivity contribution in [2.24, 2.45) is 17.8 Å². The first-order valence-corrected chi connectivity index (χ1v) is 7.83. The van der Waals surface area contributed by atoms with Gasteiger partial charge in [0, 0.05) is 0 Å². The number of benzene rings is 1. The third-order valence-electron chi connectivity index (χ3n) is 3.36. The summed E-state index contributed by atoms with van der Waals surface area (Å²) < 4.78 is 1.65. The normalized spacial score (nSPS) is 28.0. The van der Waals surface area contributed by atoms with Gasteiger partial charge >= 0.3 is 109 Å². The van der Waals surface area contributed by atoms with Crippen LogP contribution >= 0.6 is 0 Å². The van der Waals surface area contributed by atoms with Crippen LogP contribution in [0.25, 0.3) is 0 Å². The van der Waals surface area contributed by atoms with Crippen LogP contribution in [0, 0.1) is 17.8 Å². The SMILES string of the molecule is C[C@H]1C=CC[C@H](C)[C@H]1C(=O)[Se]c1ccccc1. The first kappa shape index (κ1) is 12.6. The third kappa shape index (κ3) is 3.08. The van der Waals surface area contributed by atoms with E-state index in [2.05, 4.69) is 38.1 Å². The molecule has 2 rings (SSSR count). The van der Waals surface area contributed by atoms with E-state index in [-0.39, 0.29) is 20.9 Å². The standard InChI is InChI=1S/C15H18OSe/c1-11-7-6-8-12(2)14(11)15(16)17-13-9-4-3-5-10-13/h3-7,9-12,14H,8H2,1-2H3/t11-,12-,14-/m0/s1. The molecule has 3 atom stereocenters. The number of carbonyl (C=O) groups is 1. The van der Waals surface area contributed by atoms with Crippen LogP contribution in [-0.4, -0.2) is 19.6 Å². The first-order chi connectivity index (χ1) is 8.18. The number of hydrogen-bond donors (Lipinski definition) is 0. The van der Waals surface area contributed by atoms with Gasteiger partial charge in [0.25, 0.3) is 0 Å². The van der Waals surface area contributed by atoms with E-state index in [0.29, 0.717) is 16.5 Å². The molecular weight excluding hydrogens is 275 g/mol. The fourth-order valence-corrected chi connectivity index (χ4v) is 4.74. The second-order valence-corrected chi connectivity index (χ2v) is 7.02. The molecule has 0 saturated heterocycles. The Kier molecular flexibility index (Phi) is 4.20. The maximum atomic E-state index is 12.4. The molecule has 1 aliphatic carbocycles. The molecule has 0 aliphatic heterocycles. The molecule has 0 radical (unpaired) electrons. The van der Waals surface area contributed by atoms with E-state index < -0.39 is 0 Å². The van der Waals surface area contributed by atoms with Gasteiger partial charge in [-0.1, -0.05) is 0 Å². The van der Waals surface area contributed by atoms with Crippen molar-refractivity contribution in [3.63, 3.8) is 0 Å². The molecule has 0 fully saturated rings. The van der Waals surface area contributed by atoms with E-state index in [4.69, 9.17) is 0 Å². The van der Waals surface area contributed by atoms with Gasteiger partial charge in [0.15, 0.2) is 0 Å². The van der Waals surface area contributed by atoms with E-state index in [1.165, 1.54) is 4.46 Å². The number of allylic oxidation sites excluding steroid dienone is 2. The van der Waals surface area contributed by atoms with E-state index in [1.54, 1.807) is 0 Å². The second kappa shape index (κ2) is 5.66. The molecular formula is C15H18OSe. The van der Waals surface area contributed by atoms with Gasteiger partial charge in [-0.25, -0.2) is 0 Å². The van der Waals surface area contributed by atoms with E-state index in [0.717, 1.165) is 6.42 Å². The molecule has 0 heterocycles. The Morgan fingerprint density at radius 1 is 1.24 bits per heavy atom. The summed E-state index contributed by atoms with van der Waals surface area (Å²) in [6, 6.07) is 10.1. The zero-order chi connectivity index (χ0) is 12.3. The van der Waals surface area contributed by atoms with Gasteiger partial charge in [0.2, 0.25) is 0 Å². The number of rotatable bonds is 3. The van der Waals surface area contributed by atoms with Gasteiger partial charge in [-0.15, -0.1) is 0 Å². The van der Waals surface area contributed by atoms with Crippen molar-refractivity contribution in [3.8, 4) is 0 Å². The Balaban J connectivity index is 2.07. The Labute approximate surface area is 109 Å². The van der Waals surface area contributed by atoms with Crippen LogP contribution in [0.4, 0.5) is 0 Å². The molecule has 0 N–H and O–H groups in total. The molecule has 0 unspecified atom stereocenters. The molecule has 0 saturated carbocycles. The summed E-state index contributed by atoms with van der Waals surface area (Å²) in [5, 5.41) is 0. The Bertz CT molecular complexity index is 410. The van der Waals surface area contributed by atoms with Crippen molar-refractivity contribution in [3.05, 3.63) is 42.5 Å². The van der Waals surface area contributed by atoms with Crippen LogP contribution < -0.4 is 4.46 Å². The van der Waals surface area contributed by atoms with E-state index >= 15 is 0 Å². The zero-order valence-electron chi connectivity index (χ0n) is 10.3. The van der Waals surface area contributed by atoms with Crippen molar-refractivity contribution < 1.29 is 4.79 Å². The molecule has 1 aromatic carbocycles. The molecule has 0 aromatic heterocycles. The minimum atomic E-state index is -0.0281. The Morgan fingerprint density at radius 3 is 2.59 bits per heavy atom. The van der Waals surface area contributed by atoms with Crippen LogP contribution in [-0.2, 0) is 4.79 Å². The van der Waals surface area contributed by atoms with Gasteiger partial charge in [-0.3, -0.25) is 0 Å². The maximum absolute atomic E-state index is 12.4. The Morgan fingerprint density at radius 2 is 1.94 bits per heavy atom. The van der Waals surface area contributed by atoms with Gasteiger partial charge in [-0.05, 0) is 0 Å². The van der Waals surface area contributed by atoms with Crippen molar-refractivity contribution in [1.29, 1.82) is 0 Å². The van der Waals surface area contributed by atoms with Crippen molar-refractivity contribution >= 4 is 24.1 Å². The molecule has 1 aliphatic rings. The average molecular weight is 293 g/mol. The summed E-state index contributed by atoms with van der Waals surface area (Å²) >= 11 is -0.0281. The van der Waals surface area contributed by atoms with Crippen molar-refractivity contribution in [2.75, 3.05) is 0 Å². The van der Waals surface area contributed by atoms with Crippen LogP contribution in [0.3, 0.4) is 0 Å². The fraction of sp³-hybridized carbons (Fsp3) is 0.400. The number of carbonyl (C=O) groups excluding carboxylic acids is 1. The second-order valence-electron chi connectivity index (χ2n) is 4.76. The van der Waals surface area contributed by atoms with Crippen molar-refractivity contribution in [2.45, 2.75) is 20.3 Å². The molecule has 0 bridgehead atoms. The van der Waals surface area contributed by atoms with Crippen molar-refractivity contribution in [1.82, 2.24) is 0 Å². The number of hydrogen-bond acceptors (Lipinski definition) is 1. The molecule has 1 aromatic rings. The van der Waals surface area contributed by atoms with Crippen LogP contribution in [0.1, 0.15) is 20.3 Å². The first-order valence-electron chi connectivity index (χ1n) is 6.12. The summed E-state index contributed by atoms with van der Waals surface area (Å²) in [7, 11) is 0. The summed E-state index contributed by atoms with van der Waals surface area (Å²) in [6.45, 7) is 4.36. The van der Waals surface area contributed by atoms with Crippen LogP contribution in [0.15, 0.2) is 42.5 Å². The fourth-order valence-electron chi connectivity index (χ4n) is 2.41. The van der Waals surface area contributed by atoms with Crippen LogP contribution in [0.2, 0.25) is 0 Å². The molecule has 1 nitrogen and oxygen atoms in total.